The lowest BCUT2D eigenvalue weighted by Crippen LogP contribution is -3.11. The number of aryl methyl sites for hydroxylation is 1. The first-order chi connectivity index (χ1) is 11.1. The quantitative estimate of drug-likeness (QED) is 0.779. The molecule has 0 amide bonds. The fourth-order valence-electron chi connectivity index (χ4n) is 3.47. The van der Waals surface area contributed by atoms with Gasteiger partial charge < -0.3 is 4.90 Å². The first-order valence-corrected chi connectivity index (χ1v) is 8.89. The molecule has 5 heteroatoms. The van der Waals surface area contributed by atoms with Crippen molar-refractivity contribution in [1.29, 1.82) is 0 Å². The summed E-state index contributed by atoms with van der Waals surface area (Å²) in [6, 6.07) is 8.32. The number of fused-ring (bicyclic) bond motifs is 2. The summed E-state index contributed by atoms with van der Waals surface area (Å²) in [5.41, 5.74) is 4.16. The Bertz CT molecular complexity index is 927. The Morgan fingerprint density at radius 3 is 3.13 bits per heavy atom. The number of aromatic nitrogens is 2. The summed E-state index contributed by atoms with van der Waals surface area (Å²) in [6.07, 6.45) is 2.97. The van der Waals surface area contributed by atoms with Crippen molar-refractivity contribution < 1.29 is 4.90 Å². The zero-order valence-corrected chi connectivity index (χ0v) is 14.2. The van der Waals surface area contributed by atoms with Crippen molar-refractivity contribution in [2.45, 2.75) is 32.9 Å². The van der Waals surface area contributed by atoms with E-state index in [2.05, 4.69) is 18.4 Å². The second kappa shape index (κ2) is 5.58. The summed E-state index contributed by atoms with van der Waals surface area (Å²) in [5, 5.41) is 2.19. The lowest BCUT2D eigenvalue weighted by Gasteiger charge is -2.30. The van der Waals surface area contributed by atoms with Gasteiger partial charge in [0.1, 0.15) is 23.9 Å². The number of nitrogens with zero attached hydrogens (tertiary/aromatic N) is 2. The van der Waals surface area contributed by atoms with Crippen molar-refractivity contribution >= 4 is 17.0 Å². The zero-order chi connectivity index (χ0) is 16.0. The number of hydrogen-bond acceptors (Lipinski definition) is 3. The SMILES string of the molecule is Cc1ccc2nc(C[NH+]3CCc4sccc4[C@H]3C)cc(=O)n2c1. The van der Waals surface area contributed by atoms with Crippen LogP contribution in [0.4, 0.5) is 0 Å². The minimum Gasteiger partial charge on any atom is -0.324 e. The number of hydrogen-bond donors (Lipinski definition) is 1. The van der Waals surface area contributed by atoms with E-state index in [1.165, 1.54) is 15.3 Å². The van der Waals surface area contributed by atoms with Crippen LogP contribution in [0.2, 0.25) is 0 Å². The van der Waals surface area contributed by atoms with E-state index in [0.717, 1.165) is 36.4 Å². The lowest BCUT2D eigenvalue weighted by atomic mass is 10.0. The van der Waals surface area contributed by atoms with E-state index >= 15 is 0 Å². The molecule has 23 heavy (non-hydrogen) atoms. The molecule has 1 aliphatic rings. The Labute approximate surface area is 139 Å². The highest BCUT2D eigenvalue weighted by atomic mass is 32.1. The number of rotatable bonds is 2. The molecule has 4 heterocycles. The van der Waals surface area contributed by atoms with Gasteiger partial charge in [0.25, 0.3) is 5.56 Å². The van der Waals surface area contributed by atoms with E-state index in [4.69, 9.17) is 4.98 Å². The monoisotopic (exact) mass is 326 g/mol. The Morgan fingerprint density at radius 1 is 1.39 bits per heavy atom. The van der Waals surface area contributed by atoms with Crippen molar-refractivity contribution in [3.8, 4) is 0 Å². The summed E-state index contributed by atoms with van der Waals surface area (Å²) in [6.45, 7) is 6.16. The summed E-state index contributed by atoms with van der Waals surface area (Å²) in [5.74, 6) is 0. The molecule has 0 radical (unpaired) electrons. The van der Waals surface area contributed by atoms with Gasteiger partial charge in [-0.3, -0.25) is 9.20 Å². The molecule has 118 valence electrons. The molecule has 0 aliphatic carbocycles. The molecule has 0 saturated carbocycles. The fraction of sp³-hybridized carbons (Fsp3) is 0.333. The van der Waals surface area contributed by atoms with E-state index in [1.54, 1.807) is 10.5 Å². The third-order valence-corrected chi connectivity index (χ3v) is 5.80. The van der Waals surface area contributed by atoms with Crippen LogP contribution in [0.1, 0.15) is 34.7 Å². The molecule has 0 fully saturated rings. The van der Waals surface area contributed by atoms with Crippen LogP contribution in [-0.4, -0.2) is 15.9 Å². The Hall–Kier alpha value is -1.98. The van der Waals surface area contributed by atoms with Crippen molar-refractivity contribution in [2.75, 3.05) is 6.54 Å². The molecule has 4 rings (SSSR count). The van der Waals surface area contributed by atoms with Crippen LogP contribution in [0.15, 0.2) is 40.6 Å². The maximum absolute atomic E-state index is 12.3. The number of quaternary nitrogens is 1. The lowest BCUT2D eigenvalue weighted by molar-refractivity contribution is -0.945. The number of thiophene rings is 1. The van der Waals surface area contributed by atoms with Crippen LogP contribution in [0.25, 0.3) is 5.65 Å². The minimum absolute atomic E-state index is 0.00832. The number of pyridine rings is 1. The predicted octanol–water partition coefficient (Wildman–Crippen LogP) is 1.77. The molecule has 3 aromatic heterocycles. The van der Waals surface area contributed by atoms with Gasteiger partial charge in [-0.05, 0) is 36.9 Å². The number of nitrogens with one attached hydrogen (secondary N) is 1. The van der Waals surface area contributed by atoms with Gasteiger partial charge in [-0.25, -0.2) is 4.98 Å². The largest absolute Gasteiger partial charge is 0.324 e. The topological polar surface area (TPSA) is 38.8 Å². The van der Waals surface area contributed by atoms with Gasteiger partial charge in [0.05, 0.1) is 6.54 Å². The van der Waals surface area contributed by atoms with Crippen LogP contribution in [-0.2, 0) is 13.0 Å². The van der Waals surface area contributed by atoms with Gasteiger partial charge in [-0.15, -0.1) is 11.3 Å². The van der Waals surface area contributed by atoms with Crippen molar-refractivity contribution in [3.05, 3.63) is 67.9 Å². The molecule has 0 spiro atoms. The molecular weight excluding hydrogens is 306 g/mol. The molecule has 1 N–H and O–H groups in total. The average Bonchev–Trinajstić information content (AvgIpc) is 3.00. The van der Waals surface area contributed by atoms with E-state index in [0.29, 0.717) is 6.04 Å². The maximum Gasteiger partial charge on any atom is 0.258 e. The molecule has 0 bridgehead atoms. The molecule has 0 aromatic carbocycles. The van der Waals surface area contributed by atoms with Crippen LogP contribution >= 0.6 is 11.3 Å². The first-order valence-electron chi connectivity index (χ1n) is 8.01. The van der Waals surface area contributed by atoms with Crippen LogP contribution in [0, 0.1) is 6.92 Å². The summed E-state index contributed by atoms with van der Waals surface area (Å²) in [4.78, 5) is 20.0. The van der Waals surface area contributed by atoms with E-state index in [9.17, 15) is 4.79 Å². The Balaban J connectivity index is 1.66. The molecule has 3 aromatic rings. The third kappa shape index (κ3) is 2.60. The van der Waals surface area contributed by atoms with Gasteiger partial charge >= 0.3 is 0 Å². The molecule has 0 saturated heterocycles. The van der Waals surface area contributed by atoms with E-state index in [1.807, 2.05) is 36.6 Å². The standard InChI is InChI=1S/C18H19N3OS/c1-12-3-4-17-19-14(9-18(22)21(17)10-12)11-20-7-5-16-15(13(20)2)6-8-23-16/h3-4,6,8-10,13H,5,7,11H2,1-2H3/p+1/t13-/m1/s1. The molecule has 1 aliphatic heterocycles. The van der Waals surface area contributed by atoms with Gasteiger partial charge in [0, 0.05) is 29.1 Å². The smallest absolute Gasteiger partial charge is 0.258 e. The molecule has 1 unspecified atom stereocenters. The molecule has 4 nitrogen and oxygen atoms in total. The highest BCUT2D eigenvalue weighted by molar-refractivity contribution is 7.10. The Morgan fingerprint density at radius 2 is 2.26 bits per heavy atom. The average molecular weight is 326 g/mol. The predicted molar refractivity (Wildman–Crippen MR) is 92.2 cm³/mol. The summed E-state index contributed by atoms with van der Waals surface area (Å²) >= 11 is 1.86. The van der Waals surface area contributed by atoms with Gasteiger partial charge in [0.15, 0.2) is 0 Å². The van der Waals surface area contributed by atoms with Gasteiger partial charge in [0.2, 0.25) is 0 Å². The zero-order valence-electron chi connectivity index (χ0n) is 13.4. The summed E-state index contributed by atoms with van der Waals surface area (Å²) in [7, 11) is 0. The summed E-state index contributed by atoms with van der Waals surface area (Å²) < 4.78 is 1.63. The van der Waals surface area contributed by atoms with Crippen molar-refractivity contribution in [3.63, 3.8) is 0 Å². The van der Waals surface area contributed by atoms with Gasteiger partial charge in [-0.1, -0.05) is 6.07 Å². The first kappa shape index (κ1) is 14.6. The highest BCUT2D eigenvalue weighted by Crippen LogP contribution is 2.24. The van der Waals surface area contributed by atoms with Gasteiger partial charge in [-0.2, -0.15) is 0 Å². The maximum atomic E-state index is 12.3. The third-order valence-electron chi connectivity index (χ3n) is 4.80. The second-order valence-electron chi connectivity index (χ2n) is 6.38. The van der Waals surface area contributed by atoms with E-state index < -0.39 is 0 Å². The fourth-order valence-corrected chi connectivity index (χ4v) is 4.45. The second-order valence-corrected chi connectivity index (χ2v) is 7.38. The Kier molecular flexibility index (Phi) is 3.54. The van der Waals surface area contributed by atoms with E-state index in [-0.39, 0.29) is 5.56 Å². The van der Waals surface area contributed by atoms with Crippen LogP contribution in [0.5, 0.6) is 0 Å². The van der Waals surface area contributed by atoms with Crippen LogP contribution < -0.4 is 10.5 Å². The molecular formula is C18H20N3OS+. The van der Waals surface area contributed by atoms with Crippen molar-refractivity contribution in [1.82, 2.24) is 9.38 Å². The molecule has 2 atom stereocenters. The van der Waals surface area contributed by atoms with Crippen LogP contribution in [0.3, 0.4) is 0 Å². The van der Waals surface area contributed by atoms with Crippen molar-refractivity contribution in [2.24, 2.45) is 0 Å². The normalized spacial score (nSPS) is 20.6. The highest BCUT2D eigenvalue weighted by Gasteiger charge is 2.28. The minimum atomic E-state index is 0.00832.